The van der Waals surface area contributed by atoms with Gasteiger partial charge in [-0.1, -0.05) is 71.9 Å². The molecule has 1 aliphatic rings. The summed E-state index contributed by atoms with van der Waals surface area (Å²) < 4.78 is 5.45. The predicted octanol–water partition coefficient (Wildman–Crippen LogP) is 4.80. The van der Waals surface area contributed by atoms with E-state index < -0.39 is 0 Å². The van der Waals surface area contributed by atoms with Crippen LogP contribution in [0.2, 0.25) is 0 Å². The van der Waals surface area contributed by atoms with Crippen LogP contribution in [0, 0.1) is 17.3 Å². The maximum atomic E-state index is 13.3. The first-order valence-corrected chi connectivity index (χ1v) is 13.1. The lowest BCUT2D eigenvalue weighted by Crippen LogP contribution is -2.51. The van der Waals surface area contributed by atoms with Crippen molar-refractivity contribution < 1.29 is 14.3 Å². The van der Waals surface area contributed by atoms with Gasteiger partial charge >= 0.3 is 0 Å². The van der Waals surface area contributed by atoms with Crippen LogP contribution < -0.4 is 4.74 Å². The van der Waals surface area contributed by atoms with Gasteiger partial charge in [0.05, 0.1) is 7.11 Å². The number of piperazine rings is 1. The van der Waals surface area contributed by atoms with E-state index in [9.17, 15) is 9.59 Å². The number of carbonyl (C=O) groups excluding carboxylic acids is 2. The van der Waals surface area contributed by atoms with Crippen molar-refractivity contribution in [3.8, 4) is 5.75 Å². The van der Waals surface area contributed by atoms with Gasteiger partial charge in [-0.2, -0.15) is 0 Å². The predicted molar refractivity (Wildman–Crippen MR) is 144 cm³/mol. The molecule has 0 aliphatic carbocycles. The summed E-state index contributed by atoms with van der Waals surface area (Å²) in [6, 6.07) is 7.91. The van der Waals surface area contributed by atoms with Crippen molar-refractivity contribution in [3.05, 3.63) is 35.9 Å². The molecular formula is C29H47N3O3. The van der Waals surface area contributed by atoms with Gasteiger partial charge in [0, 0.05) is 63.7 Å². The van der Waals surface area contributed by atoms with E-state index in [2.05, 4.69) is 38.7 Å². The smallest absolute Gasteiger partial charge is 0.225 e. The van der Waals surface area contributed by atoms with Crippen molar-refractivity contribution >= 4 is 17.9 Å². The molecule has 0 spiro atoms. The first kappa shape index (κ1) is 28.9. The van der Waals surface area contributed by atoms with Crippen LogP contribution in [0.5, 0.6) is 5.75 Å². The molecule has 1 aromatic rings. The fraction of sp³-hybridized carbons (Fsp3) is 0.655. The van der Waals surface area contributed by atoms with Crippen LogP contribution in [0.1, 0.15) is 59.9 Å². The fourth-order valence-corrected chi connectivity index (χ4v) is 4.79. The first-order chi connectivity index (χ1) is 16.5. The van der Waals surface area contributed by atoms with Crippen molar-refractivity contribution in [3.63, 3.8) is 0 Å². The van der Waals surface area contributed by atoms with Crippen LogP contribution in [-0.2, 0) is 9.59 Å². The summed E-state index contributed by atoms with van der Waals surface area (Å²) in [6.45, 7) is 18.1. The van der Waals surface area contributed by atoms with Crippen LogP contribution in [0.3, 0.4) is 0 Å². The minimum absolute atomic E-state index is 0.0415. The summed E-state index contributed by atoms with van der Waals surface area (Å²) in [6.07, 6.45) is 5.68. The second-order valence-corrected chi connectivity index (χ2v) is 11.4. The van der Waals surface area contributed by atoms with Crippen LogP contribution >= 0.6 is 0 Å². The standard InChI is InChI=1S/C29H47N3O3/c1-23(2)28(34)32-19-16-30(17-20-32)15-18-31(27(33)21-24(3)22-29(4,5)6)14-10-12-25-11-8-9-13-26(25)35-7/h8-13,23-24H,14-22H2,1-7H3/b12-10+. The molecule has 0 N–H and O–H groups in total. The fourth-order valence-electron chi connectivity index (χ4n) is 4.79. The van der Waals surface area contributed by atoms with E-state index in [1.54, 1.807) is 7.11 Å². The molecule has 1 saturated heterocycles. The van der Waals surface area contributed by atoms with Gasteiger partial charge in [0.2, 0.25) is 11.8 Å². The quantitative estimate of drug-likeness (QED) is 0.452. The Balaban J connectivity index is 1.99. The number of amides is 2. The number of para-hydroxylation sites is 1. The Bertz CT molecular complexity index is 836. The summed E-state index contributed by atoms with van der Waals surface area (Å²) in [5.74, 6) is 1.65. The van der Waals surface area contributed by atoms with E-state index in [-0.39, 0.29) is 23.1 Å². The Hall–Kier alpha value is -2.34. The molecule has 196 valence electrons. The Kier molecular flexibility index (Phi) is 11.3. The lowest BCUT2D eigenvalue weighted by Gasteiger charge is -2.36. The maximum Gasteiger partial charge on any atom is 0.225 e. The van der Waals surface area contributed by atoms with Gasteiger partial charge in [-0.05, 0) is 23.8 Å². The molecule has 35 heavy (non-hydrogen) atoms. The van der Waals surface area contributed by atoms with E-state index in [1.165, 1.54) is 0 Å². The third-order valence-corrected chi connectivity index (χ3v) is 6.46. The highest BCUT2D eigenvalue weighted by Crippen LogP contribution is 2.26. The lowest BCUT2D eigenvalue weighted by atomic mass is 9.84. The molecule has 6 heteroatoms. The molecule has 1 aliphatic heterocycles. The van der Waals surface area contributed by atoms with E-state index in [4.69, 9.17) is 4.74 Å². The summed E-state index contributed by atoms with van der Waals surface area (Å²) in [4.78, 5) is 31.9. The average Bonchev–Trinajstić information content (AvgIpc) is 2.79. The highest BCUT2D eigenvalue weighted by atomic mass is 16.5. The summed E-state index contributed by atoms with van der Waals surface area (Å²) >= 11 is 0. The molecule has 0 radical (unpaired) electrons. The second-order valence-electron chi connectivity index (χ2n) is 11.4. The largest absolute Gasteiger partial charge is 0.496 e. The molecule has 0 bridgehead atoms. The van der Waals surface area contributed by atoms with Gasteiger partial charge in [-0.3, -0.25) is 14.5 Å². The topological polar surface area (TPSA) is 53.1 Å². The van der Waals surface area contributed by atoms with Gasteiger partial charge in [0.15, 0.2) is 0 Å². The number of nitrogens with zero attached hydrogens (tertiary/aromatic N) is 3. The maximum absolute atomic E-state index is 13.3. The second kappa shape index (κ2) is 13.7. The van der Waals surface area contributed by atoms with Gasteiger partial charge < -0.3 is 14.5 Å². The third kappa shape index (κ3) is 10.0. The van der Waals surface area contributed by atoms with E-state index in [0.717, 1.165) is 50.5 Å². The van der Waals surface area contributed by atoms with Crippen molar-refractivity contribution in [1.29, 1.82) is 0 Å². The molecule has 1 fully saturated rings. The van der Waals surface area contributed by atoms with Crippen LogP contribution in [0.25, 0.3) is 6.08 Å². The van der Waals surface area contributed by atoms with E-state index >= 15 is 0 Å². The molecule has 2 rings (SSSR count). The number of hydrogen-bond acceptors (Lipinski definition) is 4. The van der Waals surface area contributed by atoms with Crippen molar-refractivity contribution in [2.24, 2.45) is 17.3 Å². The minimum atomic E-state index is 0.0415. The SMILES string of the molecule is COc1ccccc1/C=C/CN(CCN1CCN(C(=O)C(C)C)CC1)C(=O)CC(C)CC(C)(C)C. The Morgan fingerprint density at radius 3 is 2.34 bits per heavy atom. The molecule has 6 nitrogen and oxygen atoms in total. The van der Waals surface area contributed by atoms with Crippen molar-refractivity contribution in [1.82, 2.24) is 14.7 Å². The number of methoxy groups -OCH3 is 1. The third-order valence-electron chi connectivity index (χ3n) is 6.46. The van der Waals surface area contributed by atoms with Crippen LogP contribution in [0.4, 0.5) is 0 Å². The van der Waals surface area contributed by atoms with Gasteiger partial charge in [-0.25, -0.2) is 0 Å². The van der Waals surface area contributed by atoms with Crippen molar-refractivity contribution in [2.45, 2.75) is 54.4 Å². The Morgan fingerprint density at radius 1 is 1.09 bits per heavy atom. The molecule has 1 atom stereocenters. The molecule has 0 saturated carbocycles. The molecule has 1 heterocycles. The first-order valence-electron chi connectivity index (χ1n) is 13.1. The van der Waals surface area contributed by atoms with Crippen molar-refractivity contribution in [2.75, 3.05) is 52.9 Å². The summed E-state index contributed by atoms with van der Waals surface area (Å²) in [5, 5.41) is 0. The molecule has 2 amide bonds. The van der Waals surface area contributed by atoms with E-state index in [1.807, 2.05) is 54.0 Å². The number of hydrogen-bond donors (Lipinski definition) is 0. The zero-order valence-corrected chi connectivity index (χ0v) is 23.0. The number of ether oxygens (including phenoxy) is 1. The van der Waals surface area contributed by atoms with Crippen LogP contribution in [-0.4, -0.2) is 79.4 Å². The monoisotopic (exact) mass is 485 g/mol. The Morgan fingerprint density at radius 2 is 1.74 bits per heavy atom. The van der Waals surface area contributed by atoms with Crippen LogP contribution in [0.15, 0.2) is 30.3 Å². The van der Waals surface area contributed by atoms with Gasteiger partial charge in [0.1, 0.15) is 5.75 Å². The number of carbonyl (C=O) groups is 2. The highest BCUT2D eigenvalue weighted by Gasteiger charge is 2.24. The van der Waals surface area contributed by atoms with Gasteiger partial charge in [0.25, 0.3) is 0 Å². The van der Waals surface area contributed by atoms with Gasteiger partial charge in [-0.15, -0.1) is 0 Å². The number of benzene rings is 1. The lowest BCUT2D eigenvalue weighted by molar-refractivity contribution is -0.136. The highest BCUT2D eigenvalue weighted by molar-refractivity contribution is 5.78. The van der Waals surface area contributed by atoms with E-state index in [0.29, 0.717) is 25.4 Å². The molecule has 1 aromatic carbocycles. The normalized spacial score (nSPS) is 16.1. The number of rotatable bonds is 11. The molecular weight excluding hydrogens is 438 g/mol. The summed E-state index contributed by atoms with van der Waals surface area (Å²) in [7, 11) is 1.67. The molecule has 0 aromatic heterocycles. The molecule has 1 unspecified atom stereocenters. The zero-order valence-electron chi connectivity index (χ0n) is 23.0. The summed E-state index contributed by atoms with van der Waals surface area (Å²) in [5.41, 5.74) is 1.22. The average molecular weight is 486 g/mol. The Labute approximate surface area is 213 Å². The zero-order chi connectivity index (χ0) is 26.0. The minimum Gasteiger partial charge on any atom is -0.496 e.